The van der Waals surface area contributed by atoms with Gasteiger partial charge in [-0.15, -0.1) is 0 Å². The zero-order valence-corrected chi connectivity index (χ0v) is 18.0. The molecule has 1 fully saturated rings. The second-order valence-corrected chi connectivity index (χ2v) is 7.74. The first-order chi connectivity index (χ1) is 13.4. The van der Waals surface area contributed by atoms with E-state index >= 15 is 0 Å². The van der Waals surface area contributed by atoms with Crippen molar-refractivity contribution in [2.45, 2.75) is 44.8 Å². The summed E-state index contributed by atoms with van der Waals surface area (Å²) in [6, 6.07) is 6.18. The molecule has 7 nitrogen and oxygen atoms in total. The van der Waals surface area contributed by atoms with Crippen molar-refractivity contribution in [1.29, 1.82) is 0 Å². The van der Waals surface area contributed by atoms with E-state index in [9.17, 15) is 0 Å². The molecule has 1 aliphatic heterocycles. The second-order valence-electron chi connectivity index (χ2n) is 7.74. The normalized spacial score (nSPS) is 18.6. The smallest absolute Gasteiger partial charge is 0.191 e. The third kappa shape index (κ3) is 6.27. The van der Waals surface area contributed by atoms with Crippen LogP contribution in [0.5, 0.6) is 11.5 Å². The topological polar surface area (TPSA) is 73.3 Å². The Morgan fingerprint density at radius 2 is 2.04 bits per heavy atom. The summed E-state index contributed by atoms with van der Waals surface area (Å²) in [6.45, 7) is 9.27. The van der Waals surface area contributed by atoms with Gasteiger partial charge in [-0.05, 0) is 31.0 Å². The minimum absolute atomic E-state index is 0.127. The largest absolute Gasteiger partial charge is 0.493 e. The van der Waals surface area contributed by atoms with Crippen molar-refractivity contribution in [3.05, 3.63) is 23.8 Å². The van der Waals surface area contributed by atoms with E-state index < -0.39 is 0 Å². The molecular weight excluding hydrogens is 358 g/mol. The van der Waals surface area contributed by atoms with Gasteiger partial charge in [0, 0.05) is 31.7 Å². The highest BCUT2D eigenvalue weighted by atomic mass is 16.5. The van der Waals surface area contributed by atoms with E-state index in [1.807, 2.05) is 12.1 Å². The van der Waals surface area contributed by atoms with Gasteiger partial charge in [-0.2, -0.15) is 0 Å². The summed E-state index contributed by atoms with van der Waals surface area (Å²) in [5.74, 6) is 2.22. The Hall–Kier alpha value is -1.99. The number of nitrogens with one attached hydrogen (secondary N) is 2. The Morgan fingerprint density at radius 1 is 1.29 bits per heavy atom. The Balaban J connectivity index is 1.88. The van der Waals surface area contributed by atoms with Gasteiger partial charge in [-0.3, -0.25) is 4.99 Å². The summed E-state index contributed by atoms with van der Waals surface area (Å²) < 4.78 is 22.0. The van der Waals surface area contributed by atoms with E-state index in [2.05, 4.69) is 42.5 Å². The monoisotopic (exact) mass is 393 g/mol. The van der Waals surface area contributed by atoms with Gasteiger partial charge in [-0.25, -0.2) is 0 Å². The number of ether oxygens (including phenoxy) is 4. The molecule has 0 radical (unpaired) electrons. The van der Waals surface area contributed by atoms with Crippen LogP contribution in [0.25, 0.3) is 0 Å². The summed E-state index contributed by atoms with van der Waals surface area (Å²) in [4.78, 5) is 4.34. The van der Waals surface area contributed by atoms with Crippen LogP contribution in [-0.4, -0.2) is 65.7 Å². The van der Waals surface area contributed by atoms with Crippen molar-refractivity contribution in [3.63, 3.8) is 0 Å². The fourth-order valence-corrected chi connectivity index (χ4v) is 3.06. The average Bonchev–Trinajstić information content (AvgIpc) is 3.22. The first kappa shape index (κ1) is 22.3. The first-order valence-electron chi connectivity index (χ1n) is 9.78. The number of rotatable bonds is 9. The van der Waals surface area contributed by atoms with Crippen LogP contribution in [0.2, 0.25) is 0 Å². The van der Waals surface area contributed by atoms with Gasteiger partial charge in [0.1, 0.15) is 0 Å². The molecule has 0 saturated carbocycles. The summed E-state index contributed by atoms with van der Waals surface area (Å²) in [5.41, 5.74) is 1.03. The third-order valence-corrected chi connectivity index (χ3v) is 4.94. The molecule has 2 unspecified atom stereocenters. The Bertz CT molecular complexity index is 643. The molecule has 0 spiro atoms. The highest BCUT2D eigenvalue weighted by molar-refractivity contribution is 5.80. The van der Waals surface area contributed by atoms with Gasteiger partial charge in [0.25, 0.3) is 0 Å². The lowest BCUT2D eigenvalue weighted by Crippen LogP contribution is -2.47. The third-order valence-electron chi connectivity index (χ3n) is 4.94. The molecule has 28 heavy (non-hydrogen) atoms. The van der Waals surface area contributed by atoms with Crippen LogP contribution in [0.4, 0.5) is 0 Å². The number of aliphatic imine (C=N–C) groups is 1. The minimum Gasteiger partial charge on any atom is -0.493 e. The standard InChI is InChI=1S/C21H35N3O4/c1-15(12-28-17-9-10-27-13-17)24-20(22-4)23-14-21(2,3)16-7-8-18(25-5)19(11-16)26-6/h7-8,11,15,17H,9-10,12-14H2,1-6H3,(H2,22,23,24). The van der Waals surface area contributed by atoms with Crippen LogP contribution in [0, 0.1) is 0 Å². The molecular formula is C21H35N3O4. The number of benzene rings is 1. The number of hydrogen-bond donors (Lipinski definition) is 2. The highest BCUT2D eigenvalue weighted by Gasteiger charge is 2.23. The van der Waals surface area contributed by atoms with E-state index in [-0.39, 0.29) is 17.6 Å². The van der Waals surface area contributed by atoms with Crippen molar-refractivity contribution in [2.75, 3.05) is 47.6 Å². The fourth-order valence-electron chi connectivity index (χ4n) is 3.06. The molecule has 2 N–H and O–H groups in total. The molecule has 7 heteroatoms. The van der Waals surface area contributed by atoms with E-state index in [0.717, 1.165) is 36.0 Å². The lowest BCUT2D eigenvalue weighted by molar-refractivity contribution is 0.0347. The van der Waals surface area contributed by atoms with Crippen LogP contribution in [0.15, 0.2) is 23.2 Å². The van der Waals surface area contributed by atoms with Crippen molar-refractivity contribution in [3.8, 4) is 11.5 Å². The number of nitrogens with zero attached hydrogens (tertiary/aromatic N) is 1. The first-order valence-corrected chi connectivity index (χ1v) is 9.78. The van der Waals surface area contributed by atoms with E-state index in [1.54, 1.807) is 21.3 Å². The Labute approximate surface area is 168 Å². The summed E-state index contributed by atoms with van der Waals surface area (Å²) in [7, 11) is 5.07. The molecule has 1 saturated heterocycles. The average molecular weight is 394 g/mol. The summed E-state index contributed by atoms with van der Waals surface area (Å²) in [5, 5.41) is 6.80. The molecule has 0 amide bonds. The van der Waals surface area contributed by atoms with E-state index in [1.165, 1.54) is 0 Å². The molecule has 1 aromatic carbocycles. The SMILES string of the molecule is CN=C(NCC(C)(C)c1ccc(OC)c(OC)c1)NC(C)COC1CCOC1. The summed E-state index contributed by atoms with van der Waals surface area (Å²) in [6.07, 6.45) is 1.18. The maximum absolute atomic E-state index is 5.88. The number of methoxy groups -OCH3 is 2. The minimum atomic E-state index is -0.127. The quantitative estimate of drug-likeness (QED) is 0.496. The lowest BCUT2D eigenvalue weighted by atomic mass is 9.84. The Morgan fingerprint density at radius 3 is 2.64 bits per heavy atom. The van der Waals surface area contributed by atoms with Crippen LogP contribution in [0.1, 0.15) is 32.8 Å². The molecule has 0 aliphatic carbocycles. The number of hydrogen-bond acceptors (Lipinski definition) is 5. The summed E-state index contributed by atoms with van der Waals surface area (Å²) >= 11 is 0. The maximum Gasteiger partial charge on any atom is 0.191 e. The van der Waals surface area contributed by atoms with Crippen LogP contribution >= 0.6 is 0 Å². The van der Waals surface area contributed by atoms with Gasteiger partial charge in [0.15, 0.2) is 17.5 Å². The predicted octanol–water partition coefficient (Wildman–Crippen LogP) is 2.34. The van der Waals surface area contributed by atoms with Crippen LogP contribution in [-0.2, 0) is 14.9 Å². The zero-order valence-electron chi connectivity index (χ0n) is 18.0. The van der Waals surface area contributed by atoms with Gasteiger partial charge in [-0.1, -0.05) is 19.9 Å². The molecule has 1 heterocycles. The molecule has 0 bridgehead atoms. The van der Waals surface area contributed by atoms with Crippen LogP contribution in [0.3, 0.4) is 0 Å². The van der Waals surface area contributed by atoms with Crippen molar-refractivity contribution in [2.24, 2.45) is 4.99 Å². The molecule has 2 atom stereocenters. The van der Waals surface area contributed by atoms with Crippen molar-refractivity contribution >= 4 is 5.96 Å². The number of guanidine groups is 1. The maximum atomic E-state index is 5.88. The van der Waals surface area contributed by atoms with Gasteiger partial charge < -0.3 is 29.6 Å². The van der Waals surface area contributed by atoms with Crippen LogP contribution < -0.4 is 20.1 Å². The Kier molecular flexibility index (Phi) is 8.38. The molecule has 1 aromatic rings. The molecule has 2 rings (SSSR count). The highest BCUT2D eigenvalue weighted by Crippen LogP contribution is 2.32. The predicted molar refractivity (Wildman–Crippen MR) is 112 cm³/mol. The van der Waals surface area contributed by atoms with Gasteiger partial charge in [0.05, 0.1) is 33.5 Å². The molecule has 158 valence electrons. The fraction of sp³-hybridized carbons (Fsp3) is 0.667. The second kappa shape index (κ2) is 10.5. The van der Waals surface area contributed by atoms with Crippen molar-refractivity contribution in [1.82, 2.24) is 10.6 Å². The molecule has 1 aliphatic rings. The van der Waals surface area contributed by atoms with Gasteiger partial charge in [0.2, 0.25) is 0 Å². The van der Waals surface area contributed by atoms with Crippen molar-refractivity contribution < 1.29 is 18.9 Å². The zero-order chi connectivity index (χ0) is 20.6. The van der Waals surface area contributed by atoms with Gasteiger partial charge >= 0.3 is 0 Å². The van der Waals surface area contributed by atoms with E-state index in [4.69, 9.17) is 18.9 Å². The van der Waals surface area contributed by atoms with E-state index in [0.29, 0.717) is 19.8 Å². The lowest BCUT2D eigenvalue weighted by Gasteiger charge is -2.28. The molecule has 0 aromatic heterocycles.